The fourth-order valence-electron chi connectivity index (χ4n) is 1.77. The molecule has 0 atom stereocenters. The summed E-state index contributed by atoms with van der Waals surface area (Å²) in [6.07, 6.45) is -4.93. The Kier molecular flexibility index (Phi) is 5.47. The molecule has 134 valence electrons. The number of ether oxygens (including phenoxy) is 1. The lowest BCUT2D eigenvalue weighted by molar-refractivity contribution is -0.138. The van der Waals surface area contributed by atoms with Gasteiger partial charge in [-0.05, 0) is 46.3 Å². The molecule has 0 aromatic heterocycles. The quantitative estimate of drug-likeness (QED) is 0.495. The molecular weight excluding hydrogens is 438 g/mol. The van der Waals surface area contributed by atoms with Gasteiger partial charge in [0.25, 0.3) is 0 Å². The van der Waals surface area contributed by atoms with Gasteiger partial charge in [0.15, 0.2) is 22.5 Å². The monoisotopic (exact) mass is 444 g/mol. The van der Waals surface area contributed by atoms with Crippen LogP contribution < -0.4 is 15.8 Å². The van der Waals surface area contributed by atoms with Crippen molar-refractivity contribution in [1.82, 2.24) is 0 Å². The van der Waals surface area contributed by atoms with Crippen molar-refractivity contribution in [3.63, 3.8) is 0 Å². The third kappa shape index (κ3) is 4.54. The van der Waals surface area contributed by atoms with Crippen molar-refractivity contribution < 1.29 is 31.1 Å². The van der Waals surface area contributed by atoms with E-state index in [9.17, 15) is 26.3 Å². The third-order valence-corrected chi connectivity index (χ3v) is 3.54. The highest BCUT2D eigenvalue weighted by Crippen LogP contribution is 2.38. The first-order chi connectivity index (χ1) is 11.5. The van der Waals surface area contributed by atoms with E-state index in [2.05, 4.69) is 33.5 Å². The summed E-state index contributed by atoms with van der Waals surface area (Å²) in [4.78, 5) is 0. The number of nitrogens with two attached hydrogens (primary N) is 1. The first kappa shape index (κ1) is 19.3. The maximum Gasteiger partial charge on any atom is 0.416 e. The zero-order valence-corrected chi connectivity index (χ0v) is 14.3. The summed E-state index contributed by atoms with van der Waals surface area (Å²) < 4.78 is 84.0. The van der Waals surface area contributed by atoms with Crippen LogP contribution in [0.5, 0.6) is 11.5 Å². The molecule has 0 radical (unpaired) electrons. The molecule has 0 heterocycles. The van der Waals surface area contributed by atoms with Crippen LogP contribution in [0.15, 0.2) is 28.7 Å². The molecule has 0 aliphatic carbocycles. The van der Waals surface area contributed by atoms with Crippen molar-refractivity contribution in [2.24, 2.45) is 5.73 Å². The lowest BCUT2D eigenvalue weighted by atomic mass is 10.2. The highest BCUT2D eigenvalue weighted by atomic mass is 79.9. The van der Waals surface area contributed by atoms with Crippen LogP contribution in [0.4, 0.5) is 32.0 Å². The van der Waals surface area contributed by atoms with Gasteiger partial charge in [-0.15, -0.1) is 0 Å². The summed E-state index contributed by atoms with van der Waals surface area (Å²) in [7, 11) is 0. The lowest BCUT2D eigenvalue weighted by Gasteiger charge is -2.14. The maximum atomic E-state index is 13.9. The van der Waals surface area contributed by atoms with E-state index in [4.69, 9.17) is 10.5 Å². The molecule has 2 rings (SSSR count). The van der Waals surface area contributed by atoms with Gasteiger partial charge in [-0.1, -0.05) is 0 Å². The predicted molar refractivity (Wildman–Crippen MR) is 85.9 cm³/mol. The fourth-order valence-corrected chi connectivity index (χ4v) is 2.30. The molecule has 0 aliphatic heterocycles. The number of thiocarbonyl (C=S) groups is 1. The molecule has 2 aromatic rings. The number of hydrogen-bond acceptors (Lipinski definition) is 2. The van der Waals surface area contributed by atoms with Gasteiger partial charge in [-0.25, -0.2) is 13.2 Å². The number of alkyl halides is 3. The van der Waals surface area contributed by atoms with Crippen LogP contribution in [-0.2, 0) is 6.18 Å². The zero-order valence-electron chi connectivity index (χ0n) is 11.8. The van der Waals surface area contributed by atoms with Gasteiger partial charge < -0.3 is 15.8 Å². The normalized spacial score (nSPS) is 11.3. The molecule has 3 N–H and O–H groups in total. The second kappa shape index (κ2) is 7.08. The van der Waals surface area contributed by atoms with E-state index < -0.39 is 34.9 Å². The van der Waals surface area contributed by atoms with Crippen molar-refractivity contribution in [3.8, 4) is 11.5 Å². The summed E-state index contributed by atoms with van der Waals surface area (Å²) in [5.74, 6) is -5.58. The number of halogens is 7. The molecule has 25 heavy (non-hydrogen) atoms. The van der Waals surface area contributed by atoms with Gasteiger partial charge in [0.1, 0.15) is 11.6 Å². The molecule has 11 heteroatoms. The molecule has 0 amide bonds. The Bertz CT molecular complexity index is 820. The van der Waals surface area contributed by atoms with E-state index in [-0.39, 0.29) is 33.2 Å². The van der Waals surface area contributed by atoms with Crippen molar-refractivity contribution >= 4 is 38.9 Å². The van der Waals surface area contributed by atoms with Crippen molar-refractivity contribution in [1.29, 1.82) is 0 Å². The highest BCUT2D eigenvalue weighted by molar-refractivity contribution is 9.10. The molecule has 2 aromatic carbocycles. The van der Waals surface area contributed by atoms with Gasteiger partial charge in [0.05, 0.1) is 15.7 Å². The van der Waals surface area contributed by atoms with Crippen LogP contribution in [0.3, 0.4) is 0 Å². The highest BCUT2D eigenvalue weighted by Gasteiger charge is 2.33. The van der Waals surface area contributed by atoms with Gasteiger partial charge >= 0.3 is 6.18 Å². The van der Waals surface area contributed by atoms with E-state index in [1.165, 1.54) is 0 Å². The molecule has 0 fully saturated rings. The van der Waals surface area contributed by atoms with E-state index in [1.807, 2.05) is 0 Å². The van der Waals surface area contributed by atoms with Crippen molar-refractivity contribution in [2.75, 3.05) is 5.32 Å². The largest absolute Gasteiger partial charge is 0.450 e. The number of anilines is 1. The Morgan fingerprint density at radius 2 is 1.60 bits per heavy atom. The Morgan fingerprint density at radius 1 is 1.04 bits per heavy atom. The van der Waals surface area contributed by atoms with Crippen molar-refractivity contribution in [2.45, 2.75) is 6.18 Å². The molecule has 0 spiro atoms. The number of rotatable bonds is 3. The summed E-state index contributed by atoms with van der Waals surface area (Å²) in [5, 5.41) is 2.10. The lowest BCUT2D eigenvalue weighted by Crippen LogP contribution is -2.19. The second-order valence-corrected chi connectivity index (χ2v) is 5.91. The smallest absolute Gasteiger partial charge is 0.416 e. The van der Waals surface area contributed by atoms with Crippen LogP contribution >= 0.6 is 28.1 Å². The minimum absolute atomic E-state index is 0.0475. The Balaban J connectivity index is 2.40. The van der Waals surface area contributed by atoms with Crippen LogP contribution in [0.25, 0.3) is 0 Å². The average Bonchev–Trinajstić information content (AvgIpc) is 2.45. The van der Waals surface area contributed by atoms with Gasteiger partial charge in [-0.2, -0.15) is 13.2 Å². The fraction of sp³-hybridized carbons (Fsp3) is 0.0714. The van der Waals surface area contributed by atoms with E-state index >= 15 is 0 Å². The van der Waals surface area contributed by atoms with Crippen molar-refractivity contribution in [3.05, 3.63) is 51.8 Å². The van der Waals surface area contributed by atoms with E-state index in [0.717, 1.165) is 12.1 Å². The van der Waals surface area contributed by atoms with Crippen LogP contribution in [-0.4, -0.2) is 5.11 Å². The molecular formula is C14H7BrF6N2OS. The summed E-state index contributed by atoms with van der Waals surface area (Å²) in [5.41, 5.74) is 3.55. The average molecular weight is 445 g/mol. The zero-order chi connectivity index (χ0) is 18.9. The molecule has 0 aliphatic rings. The minimum atomic E-state index is -4.93. The number of hydrogen-bond donors (Lipinski definition) is 2. The first-order valence-electron chi connectivity index (χ1n) is 6.28. The summed E-state index contributed by atoms with van der Waals surface area (Å²) in [6.45, 7) is 0. The SMILES string of the molecule is NC(=S)Nc1cc(Br)c(Oc2c(F)cc(C(F)(F)F)cc2F)cc1F. The van der Waals surface area contributed by atoms with Gasteiger partial charge in [0, 0.05) is 6.07 Å². The van der Waals surface area contributed by atoms with Gasteiger partial charge in [0.2, 0.25) is 0 Å². The third-order valence-electron chi connectivity index (χ3n) is 2.82. The number of benzene rings is 2. The van der Waals surface area contributed by atoms with Crippen LogP contribution in [0, 0.1) is 17.5 Å². The summed E-state index contributed by atoms with van der Waals surface area (Å²) in [6, 6.07) is 2.03. The van der Waals surface area contributed by atoms with E-state index in [1.54, 1.807) is 0 Å². The molecule has 0 bridgehead atoms. The second-order valence-electron chi connectivity index (χ2n) is 4.62. The Morgan fingerprint density at radius 3 is 2.08 bits per heavy atom. The van der Waals surface area contributed by atoms with Gasteiger partial charge in [-0.3, -0.25) is 0 Å². The molecule has 3 nitrogen and oxygen atoms in total. The van der Waals surface area contributed by atoms with Crippen LogP contribution in [0.2, 0.25) is 0 Å². The van der Waals surface area contributed by atoms with E-state index in [0.29, 0.717) is 0 Å². The topological polar surface area (TPSA) is 47.3 Å². The Labute approximate surface area is 150 Å². The minimum Gasteiger partial charge on any atom is -0.450 e. The standard InChI is InChI=1S/C14H7BrF6N2OS/c15-6-3-10(23-13(22)25)7(16)4-11(6)24-12-8(17)1-5(2-9(12)18)14(19,20)21/h1-4H,(H3,22,23,25). The molecule has 0 saturated heterocycles. The number of nitrogens with one attached hydrogen (secondary N) is 1. The summed E-state index contributed by atoms with van der Waals surface area (Å²) >= 11 is 7.54. The Hall–Kier alpha value is -2.01. The van der Waals surface area contributed by atoms with Crippen LogP contribution in [0.1, 0.15) is 5.56 Å². The molecule has 0 unspecified atom stereocenters. The first-order valence-corrected chi connectivity index (χ1v) is 7.48. The predicted octanol–water partition coefficient (Wildman–Crippen LogP) is 5.33. The maximum absolute atomic E-state index is 13.9. The molecule has 0 saturated carbocycles.